The molecule has 2 aliphatic rings. The van der Waals surface area contributed by atoms with Crippen molar-refractivity contribution in [1.29, 1.82) is 0 Å². The quantitative estimate of drug-likeness (QED) is 0.620. The number of nitrogens with zero attached hydrogens (tertiary/aromatic N) is 1. The minimum Gasteiger partial charge on any atom is -0.462 e. The first kappa shape index (κ1) is 19.8. The number of carbonyl (C=O) groups is 1. The van der Waals surface area contributed by atoms with Gasteiger partial charge in [0.15, 0.2) is 0 Å². The number of hydrogen-bond donors (Lipinski definition) is 0. The maximum atomic E-state index is 14.0. The summed E-state index contributed by atoms with van der Waals surface area (Å²) in [7, 11) is 0. The van der Waals surface area contributed by atoms with Gasteiger partial charge >= 0.3 is 5.97 Å². The maximum Gasteiger partial charge on any atom is 0.309 e. The number of benzene rings is 1. The van der Waals surface area contributed by atoms with E-state index in [1.807, 2.05) is 31.2 Å². The summed E-state index contributed by atoms with van der Waals surface area (Å²) in [4.78, 5) is 16.8. The Morgan fingerprint density at radius 1 is 1.21 bits per heavy atom. The van der Waals surface area contributed by atoms with Crippen molar-refractivity contribution in [3.05, 3.63) is 60.2 Å². The predicted molar refractivity (Wildman–Crippen MR) is 112 cm³/mol. The molecule has 0 spiro atoms. The molecular formula is C25H28FNO2. The monoisotopic (exact) mass is 393 g/mol. The number of esters is 1. The number of allylic oxidation sites excluding steroid dienone is 1. The Bertz CT molecular complexity index is 907. The van der Waals surface area contributed by atoms with E-state index in [9.17, 15) is 9.18 Å². The number of aromatic nitrogens is 1. The molecule has 152 valence electrons. The van der Waals surface area contributed by atoms with E-state index in [1.165, 1.54) is 6.07 Å². The molecule has 1 aliphatic carbocycles. The molecule has 1 aromatic heterocycles. The highest BCUT2D eigenvalue weighted by molar-refractivity contribution is 5.75. The van der Waals surface area contributed by atoms with E-state index < -0.39 is 0 Å². The molecule has 4 rings (SSSR count). The second-order valence-corrected chi connectivity index (χ2v) is 8.50. The van der Waals surface area contributed by atoms with Gasteiger partial charge in [-0.25, -0.2) is 4.39 Å². The third-order valence-electron chi connectivity index (χ3n) is 6.84. The number of ether oxygens (including phenoxy) is 1. The van der Waals surface area contributed by atoms with Crippen LogP contribution in [-0.2, 0) is 9.53 Å². The first-order chi connectivity index (χ1) is 14.0. The largest absolute Gasteiger partial charge is 0.462 e. The Labute approximate surface area is 172 Å². The molecule has 1 aliphatic heterocycles. The lowest BCUT2D eigenvalue weighted by Gasteiger charge is -2.41. The summed E-state index contributed by atoms with van der Waals surface area (Å²) in [6.07, 6.45) is 7.95. The lowest BCUT2D eigenvalue weighted by Crippen LogP contribution is -2.40. The van der Waals surface area contributed by atoms with Crippen LogP contribution in [0.3, 0.4) is 0 Å². The number of fused-ring (bicyclic) bond motifs is 1. The highest BCUT2D eigenvalue weighted by atomic mass is 19.1. The molecule has 6 unspecified atom stereocenters. The zero-order valence-electron chi connectivity index (χ0n) is 17.2. The fourth-order valence-electron chi connectivity index (χ4n) is 5.42. The number of carbonyl (C=O) groups excluding carboxylic acids is 1. The van der Waals surface area contributed by atoms with Crippen molar-refractivity contribution >= 4 is 12.0 Å². The zero-order chi connectivity index (χ0) is 20.5. The second-order valence-electron chi connectivity index (χ2n) is 8.50. The van der Waals surface area contributed by atoms with Gasteiger partial charge in [0.05, 0.1) is 11.6 Å². The van der Waals surface area contributed by atoms with Crippen LogP contribution in [0.5, 0.6) is 0 Å². The average molecular weight is 394 g/mol. The van der Waals surface area contributed by atoms with Gasteiger partial charge in [0, 0.05) is 23.2 Å². The molecule has 0 bridgehead atoms. The fourth-order valence-corrected chi connectivity index (χ4v) is 5.42. The van der Waals surface area contributed by atoms with Crippen molar-refractivity contribution in [2.24, 2.45) is 29.6 Å². The topological polar surface area (TPSA) is 39.2 Å². The van der Waals surface area contributed by atoms with Gasteiger partial charge in [0.2, 0.25) is 0 Å². The molecule has 3 nitrogen and oxygen atoms in total. The van der Waals surface area contributed by atoms with E-state index in [1.54, 1.807) is 18.3 Å². The van der Waals surface area contributed by atoms with Crippen LogP contribution in [0.1, 0.15) is 39.3 Å². The minimum atomic E-state index is -0.245. The Morgan fingerprint density at radius 3 is 2.69 bits per heavy atom. The van der Waals surface area contributed by atoms with E-state index in [2.05, 4.69) is 24.9 Å². The van der Waals surface area contributed by atoms with Crippen molar-refractivity contribution in [3.63, 3.8) is 0 Å². The number of pyridine rings is 1. The highest BCUT2D eigenvalue weighted by Crippen LogP contribution is 2.50. The van der Waals surface area contributed by atoms with Crippen molar-refractivity contribution in [1.82, 2.24) is 4.98 Å². The van der Waals surface area contributed by atoms with Crippen molar-refractivity contribution in [2.75, 3.05) is 0 Å². The Kier molecular flexibility index (Phi) is 5.53. The minimum absolute atomic E-state index is 0.00819. The van der Waals surface area contributed by atoms with Crippen molar-refractivity contribution in [3.8, 4) is 11.1 Å². The van der Waals surface area contributed by atoms with Crippen LogP contribution in [0.25, 0.3) is 17.2 Å². The first-order valence-electron chi connectivity index (χ1n) is 10.6. The average Bonchev–Trinajstić information content (AvgIpc) is 3.00. The summed E-state index contributed by atoms with van der Waals surface area (Å²) in [6, 6.07) is 10.5. The summed E-state index contributed by atoms with van der Waals surface area (Å²) in [5, 5.41) is 0. The molecule has 1 saturated heterocycles. The Morgan fingerprint density at radius 2 is 2.00 bits per heavy atom. The van der Waals surface area contributed by atoms with Crippen LogP contribution in [0.2, 0.25) is 0 Å². The third-order valence-corrected chi connectivity index (χ3v) is 6.84. The molecule has 1 saturated carbocycles. The summed E-state index contributed by atoms with van der Waals surface area (Å²) < 4.78 is 19.6. The maximum absolute atomic E-state index is 14.0. The first-order valence-corrected chi connectivity index (χ1v) is 10.6. The summed E-state index contributed by atoms with van der Waals surface area (Å²) in [5.41, 5.74) is 2.16. The number of cyclic esters (lactones) is 1. The smallest absolute Gasteiger partial charge is 0.309 e. The van der Waals surface area contributed by atoms with Crippen LogP contribution in [0.4, 0.5) is 4.39 Å². The molecule has 6 atom stereocenters. The molecule has 0 amide bonds. The SMILES string of the molecule is CCC1C(C)CC2C(=O)OC(C)C2C1/C=C/c1ccc(-c2ccccc2F)cn1. The van der Waals surface area contributed by atoms with E-state index in [-0.39, 0.29) is 29.7 Å². The van der Waals surface area contributed by atoms with Gasteiger partial charge < -0.3 is 4.74 Å². The standard InChI is InChI=1S/C25H28FNO2/c1-4-19-15(2)13-22-24(16(3)29-25(22)28)21(19)12-11-18-10-9-17(14-27-18)20-7-5-6-8-23(20)26/h5-12,14-16,19,21-22,24H,4,13H2,1-3H3/b12-11+. The summed E-state index contributed by atoms with van der Waals surface area (Å²) >= 11 is 0. The van der Waals surface area contributed by atoms with Gasteiger partial charge in [-0.15, -0.1) is 0 Å². The molecule has 2 aromatic rings. The lowest BCUT2D eigenvalue weighted by molar-refractivity contribution is -0.144. The van der Waals surface area contributed by atoms with Crippen LogP contribution < -0.4 is 0 Å². The normalized spacial score (nSPS) is 31.7. The Balaban J connectivity index is 1.58. The second kappa shape index (κ2) is 8.10. The number of halogens is 1. The van der Waals surface area contributed by atoms with Crippen LogP contribution >= 0.6 is 0 Å². The third kappa shape index (κ3) is 3.73. The molecular weight excluding hydrogens is 365 g/mol. The van der Waals surface area contributed by atoms with Crippen LogP contribution in [-0.4, -0.2) is 17.1 Å². The van der Waals surface area contributed by atoms with E-state index >= 15 is 0 Å². The van der Waals surface area contributed by atoms with Crippen LogP contribution in [0.15, 0.2) is 48.7 Å². The molecule has 29 heavy (non-hydrogen) atoms. The van der Waals surface area contributed by atoms with Gasteiger partial charge in [0.1, 0.15) is 11.9 Å². The lowest BCUT2D eigenvalue weighted by atomic mass is 9.61. The van der Waals surface area contributed by atoms with Crippen molar-refractivity contribution in [2.45, 2.75) is 39.7 Å². The Hall–Kier alpha value is -2.49. The van der Waals surface area contributed by atoms with E-state index in [4.69, 9.17) is 4.74 Å². The van der Waals surface area contributed by atoms with Crippen LogP contribution in [0, 0.1) is 35.4 Å². The van der Waals surface area contributed by atoms with Gasteiger partial charge in [-0.3, -0.25) is 9.78 Å². The fraction of sp³-hybridized carbons (Fsp3) is 0.440. The van der Waals surface area contributed by atoms with Gasteiger partial charge in [-0.1, -0.05) is 50.6 Å². The van der Waals surface area contributed by atoms with E-state index in [0.29, 0.717) is 23.3 Å². The zero-order valence-corrected chi connectivity index (χ0v) is 17.2. The molecule has 0 radical (unpaired) electrons. The number of rotatable bonds is 4. The van der Waals surface area contributed by atoms with Crippen molar-refractivity contribution < 1.29 is 13.9 Å². The van der Waals surface area contributed by atoms with Gasteiger partial charge in [-0.05, 0) is 49.3 Å². The molecule has 0 N–H and O–H groups in total. The molecule has 1 aromatic carbocycles. The molecule has 4 heteroatoms. The molecule has 2 heterocycles. The van der Waals surface area contributed by atoms with E-state index in [0.717, 1.165) is 24.1 Å². The van der Waals surface area contributed by atoms with Gasteiger partial charge in [-0.2, -0.15) is 0 Å². The highest BCUT2D eigenvalue weighted by Gasteiger charge is 2.52. The summed E-state index contributed by atoms with van der Waals surface area (Å²) in [5.74, 6) is 1.28. The van der Waals surface area contributed by atoms with Gasteiger partial charge in [0.25, 0.3) is 0 Å². The molecule has 2 fully saturated rings. The summed E-state index contributed by atoms with van der Waals surface area (Å²) in [6.45, 7) is 6.50. The predicted octanol–water partition coefficient (Wildman–Crippen LogP) is 5.76. The number of hydrogen-bond acceptors (Lipinski definition) is 3.